The van der Waals surface area contributed by atoms with Crippen LogP contribution in [0.3, 0.4) is 0 Å². The standard InChI is InChI=1S/C11H7BrN2.C9H6BrN/c12-10-7-8(3-4-13)6-9-2-1-5-14-11(9)10;10-9-6-5-7-3-1-2-4-8(7)11-9/h1-2,5-7H,3H2;1-6H. The molecule has 0 saturated heterocycles. The van der Waals surface area contributed by atoms with E-state index in [1.807, 2.05) is 54.6 Å². The highest BCUT2D eigenvalue weighted by molar-refractivity contribution is 9.10. The minimum atomic E-state index is 0.434. The zero-order valence-electron chi connectivity index (χ0n) is 13.2. The maximum atomic E-state index is 8.60. The van der Waals surface area contributed by atoms with Gasteiger partial charge in [-0.05, 0) is 67.8 Å². The highest BCUT2D eigenvalue weighted by Gasteiger charge is 2.01. The summed E-state index contributed by atoms with van der Waals surface area (Å²) >= 11 is 6.77. The molecule has 4 rings (SSSR count). The third-order valence-corrected chi connectivity index (χ3v) is 4.61. The van der Waals surface area contributed by atoms with Crippen molar-refractivity contribution in [1.29, 1.82) is 5.26 Å². The molecule has 122 valence electrons. The Morgan fingerprint density at radius 3 is 2.56 bits per heavy atom. The predicted molar refractivity (Wildman–Crippen MR) is 108 cm³/mol. The fourth-order valence-electron chi connectivity index (χ4n) is 2.44. The lowest BCUT2D eigenvalue weighted by molar-refractivity contribution is 1.26. The molecule has 4 aromatic rings. The van der Waals surface area contributed by atoms with Crippen LogP contribution in [0.15, 0.2) is 75.9 Å². The summed E-state index contributed by atoms with van der Waals surface area (Å²) in [4.78, 5) is 8.54. The first-order valence-electron chi connectivity index (χ1n) is 7.59. The van der Waals surface area contributed by atoms with Crippen molar-refractivity contribution in [1.82, 2.24) is 9.97 Å². The second kappa shape index (κ2) is 8.19. The topological polar surface area (TPSA) is 49.6 Å². The third kappa shape index (κ3) is 4.41. The summed E-state index contributed by atoms with van der Waals surface area (Å²) in [7, 11) is 0. The van der Waals surface area contributed by atoms with Crippen LogP contribution in [0.4, 0.5) is 0 Å². The Hall–Kier alpha value is -2.29. The summed E-state index contributed by atoms with van der Waals surface area (Å²) in [5.74, 6) is 0. The largest absolute Gasteiger partial charge is 0.255 e. The molecule has 3 nitrogen and oxygen atoms in total. The average molecular weight is 455 g/mol. The quantitative estimate of drug-likeness (QED) is 0.328. The van der Waals surface area contributed by atoms with Crippen LogP contribution in [0.5, 0.6) is 0 Å². The van der Waals surface area contributed by atoms with E-state index in [0.717, 1.165) is 31.1 Å². The lowest BCUT2D eigenvalue weighted by Crippen LogP contribution is -1.85. The SMILES string of the molecule is Brc1ccc2ccccc2n1.N#CCc1cc(Br)c2ncccc2c1. The van der Waals surface area contributed by atoms with Crippen molar-refractivity contribution < 1.29 is 0 Å². The molecular formula is C20H13Br2N3. The average Bonchev–Trinajstić information content (AvgIpc) is 2.62. The van der Waals surface area contributed by atoms with Crippen molar-refractivity contribution in [2.75, 3.05) is 0 Å². The Morgan fingerprint density at radius 1 is 0.920 bits per heavy atom. The molecule has 0 radical (unpaired) electrons. The lowest BCUT2D eigenvalue weighted by atomic mass is 10.1. The summed E-state index contributed by atoms with van der Waals surface area (Å²) in [5, 5.41) is 10.8. The van der Waals surface area contributed by atoms with Crippen LogP contribution >= 0.6 is 31.9 Å². The number of hydrogen-bond acceptors (Lipinski definition) is 3. The molecule has 0 unspecified atom stereocenters. The number of benzene rings is 2. The van der Waals surface area contributed by atoms with Crippen molar-refractivity contribution >= 4 is 53.7 Å². The van der Waals surface area contributed by atoms with Crippen LogP contribution in [-0.2, 0) is 6.42 Å². The van der Waals surface area contributed by atoms with Crippen molar-refractivity contribution in [2.24, 2.45) is 0 Å². The van der Waals surface area contributed by atoms with Gasteiger partial charge in [0.15, 0.2) is 0 Å². The van der Waals surface area contributed by atoms with Gasteiger partial charge in [0, 0.05) is 21.4 Å². The minimum Gasteiger partial charge on any atom is -0.255 e. The van der Waals surface area contributed by atoms with E-state index in [-0.39, 0.29) is 0 Å². The molecule has 2 aromatic carbocycles. The van der Waals surface area contributed by atoms with Gasteiger partial charge in [-0.15, -0.1) is 0 Å². The number of pyridine rings is 2. The van der Waals surface area contributed by atoms with E-state index in [1.165, 1.54) is 5.39 Å². The molecule has 0 spiro atoms. The van der Waals surface area contributed by atoms with Gasteiger partial charge in [-0.3, -0.25) is 4.98 Å². The summed E-state index contributed by atoms with van der Waals surface area (Å²) in [6.45, 7) is 0. The Balaban J connectivity index is 0.000000150. The second-order valence-corrected chi connectivity index (χ2v) is 6.98. The Morgan fingerprint density at radius 2 is 1.72 bits per heavy atom. The summed E-state index contributed by atoms with van der Waals surface area (Å²) in [6.07, 6.45) is 2.19. The fraction of sp³-hybridized carbons (Fsp3) is 0.0500. The van der Waals surface area contributed by atoms with Crippen LogP contribution in [0, 0.1) is 11.3 Å². The first kappa shape index (κ1) is 17.5. The summed E-state index contributed by atoms with van der Waals surface area (Å²) < 4.78 is 1.83. The molecule has 0 aliphatic heterocycles. The molecule has 0 N–H and O–H groups in total. The maximum Gasteiger partial charge on any atom is 0.106 e. The summed E-state index contributed by atoms with van der Waals surface area (Å²) in [6, 6.07) is 22.0. The molecule has 0 bridgehead atoms. The van der Waals surface area contributed by atoms with Crippen molar-refractivity contribution in [3.63, 3.8) is 0 Å². The fourth-order valence-corrected chi connectivity index (χ4v) is 3.39. The second-order valence-electron chi connectivity index (χ2n) is 5.31. The number of nitriles is 1. The molecule has 25 heavy (non-hydrogen) atoms. The van der Waals surface area contributed by atoms with Crippen molar-refractivity contribution in [3.05, 3.63) is 81.5 Å². The first-order valence-corrected chi connectivity index (χ1v) is 9.17. The van der Waals surface area contributed by atoms with Gasteiger partial charge in [-0.1, -0.05) is 30.3 Å². The molecule has 0 fully saturated rings. The summed E-state index contributed by atoms with van der Waals surface area (Å²) in [5.41, 5.74) is 2.98. The van der Waals surface area contributed by atoms with Gasteiger partial charge >= 0.3 is 0 Å². The van der Waals surface area contributed by atoms with Gasteiger partial charge in [0.05, 0.1) is 23.5 Å². The van der Waals surface area contributed by atoms with Gasteiger partial charge in [-0.25, -0.2) is 4.98 Å². The predicted octanol–water partition coefficient (Wildman–Crippen LogP) is 6.06. The van der Waals surface area contributed by atoms with Crippen molar-refractivity contribution in [2.45, 2.75) is 6.42 Å². The highest BCUT2D eigenvalue weighted by atomic mass is 79.9. The van der Waals surface area contributed by atoms with E-state index in [0.29, 0.717) is 6.42 Å². The van der Waals surface area contributed by atoms with Crippen LogP contribution in [0.25, 0.3) is 21.8 Å². The molecule has 0 aliphatic rings. The van der Waals surface area contributed by atoms with Gasteiger partial charge in [0.1, 0.15) is 4.60 Å². The third-order valence-electron chi connectivity index (χ3n) is 3.57. The van der Waals surface area contributed by atoms with E-state index < -0.39 is 0 Å². The van der Waals surface area contributed by atoms with E-state index in [1.54, 1.807) is 6.20 Å². The Labute approximate surface area is 162 Å². The monoisotopic (exact) mass is 453 g/mol. The van der Waals surface area contributed by atoms with Gasteiger partial charge in [-0.2, -0.15) is 5.26 Å². The van der Waals surface area contributed by atoms with E-state index in [9.17, 15) is 0 Å². The molecule has 5 heteroatoms. The molecule has 2 aromatic heterocycles. The zero-order chi connectivity index (χ0) is 17.6. The molecule has 0 atom stereocenters. The normalized spacial score (nSPS) is 10.1. The van der Waals surface area contributed by atoms with E-state index in [2.05, 4.69) is 54.0 Å². The van der Waals surface area contributed by atoms with Gasteiger partial charge in [0.2, 0.25) is 0 Å². The van der Waals surface area contributed by atoms with Crippen LogP contribution in [0.2, 0.25) is 0 Å². The molecule has 0 saturated carbocycles. The number of fused-ring (bicyclic) bond motifs is 2. The van der Waals surface area contributed by atoms with Gasteiger partial charge < -0.3 is 0 Å². The number of aromatic nitrogens is 2. The Kier molecular flexibility index (Phi) is 5.75. The zero-order valence-corrected chi connectivity index (χ0v) is 16.3. The molecule has 2 heterocycles. The smallest absolute Gasteiger partial charge is 0.106 e. The molecule has 0 aliphatic carbocycles. The lowest BCUT2D eigenvalue weighted by Gasteiger charge is -2.01. The highest BCUT2D eigenvalue weighted by Crippen LogP contribution is 2.23. The molecule has 0 amide bonds. The minimum absolute atomic E-state index is 0.434. The van der Waals surface area contributed by atoms with Crippen LogP contribution in [0.1, 0.15) is 5.56 Å². The number of hydrogen-bond donors (Lipinski definition) is 0. The number of rotatable bonds is 1. The number of nitrogens with zero attached hydrogens (tertiary/aromatic N) is 3. The van der Waals surface area contributed by atoms with E-state index in [4.69, 9.17) is 5.26 Å². The van der Waals surface area contributed by atoms with Gasteiger partial charge in [0.25, 0.3) is 0 Å². The number of halogens is 2. The van der Waals surface area contributed by atoms with Crippen molar-refractivity contribution in [3.8, 4) is 6.07 Å². The van der Waals surface area contributed by atoms with Crippen LogP contribution < -0.4 is 0 Å². The molecular weight excluding hydrogens is 442 g/mol. The Bertz CT molecular complexity index is 1070. The van der Waals surface area contributed by atoms with Crippen LogP contribution in [-0.4, -0.2) is 9.97 Å². The van der Waals surface area contributed by atoms with E-state index >= 15 is 0 Å². The first-order chi connectivity index (χ1) is 12.2. The maximum absolute atomic E-state index is 8.60. The number of para-hydroxylation sites is 1.